The van der Waals surface area contributed by atoms with Crippen LogP contribution in [0.25, 0.3) is 0 Å². The fourth-order valence-corrected chi connectivity index (χ4v) is 0.797. The first kappa shape index (κ1) is 9.85. The molecule has 0 spiro atoms. The van der Waals surface area contributed by atoms with Crippen LogP contribution in [0.15, 0.2) is 0 Å². The van der Waals surface area contributed by atoms with Crippen LogP contribution >= 0.6 is 0 Å². The Bertz CT molecular complexity index is 277. The van der Waals surface area contributed by atoms with Crippen LogP contribution in [0.5, 0.6) is 0 Å². The van der Waals surface area contributed by atoms with Crippen molar-refractivity contribution in [1.82, 2.24) is 15.2 Å². The summed E-state index contributed by atoms with van der Waals surface area (Å²) >= 11 is 0. The average Bonchev–Trinajstić information content (AvgIpc) is 2.12. The molecule has 0 atom stereocenters. The molecule has 1 aromatic rings. The standard InChI is InChI=1S/C8H14N4O/c1-6-7(2)11-12-8(10-6)9-4-5-13-3/h4-5H2,1-3H3,(H,9,10,12). The lowest BCUT2D eigenvalue weighted by atomic mass is 10.4. The van der Waals surface area contributed by atoms with Crippen molar-refractivity contribution in [3.63, 3.8) is 0 Å². The van der Waals surface area contributed by atoms with Gasteiger partial charge in [-0.2, -0.15) is 5.10 Å². The number of nitrogens with one attached hydrogen (secondary N) is 1. The van der Waals surface area contributed by atoms with Gasteiger partial charge in [-0.3, -0.25) is 0 Å². The minimum Gasteiger partial charge on any atom is -0.383 e. The zero-order valence-electron chi connectivity index (χ0n) is 8.16. The highest BCUT2D eigenvalue weighted by Crippen LogP contribution is 2.00. The normalized spacial score (nSPS) is 10.1. The van der Waals surface area contributed by atoms with Crippen molar-refractivity contribution in [1.29, 1.82) is 0 Å². The molecule has 0 amide bonds. The van der Waals surface area contributed by atoms with Crippen molar-refractivity contribution in [2.45, 2.75) is 13.8 Å². The first-order valence-corrected chi connectivity index (χ1v) is 4.14. The van der Waals surface area contributed by atoms with Gasteiger partial charge < -0.3 is 10.1 Å². The molecule has 1 rings (SSSR count). The molecule has 1 heterocycles. The summed E-state index contributed by atoms with van der Waals surface area (Å²) in [4.78, 5) is 4.20. The zero-order chi connectivity index (χ0) is 9.68. The summed E-state index contributed by atoms with van der Waals surface area (Å²) in [6.45, 7) is 5.12. The molecule has 0 aliphatic rings. The fourth-order valence-electron chi connectivity index (χ4n) is 0.797. The highest BCUT2D eigenvalue weighted by atomic mass is 16.5. The molecule has 0 fully saturated rings. The van der Waals surface area contributed by atoms with Crippen LogP contribution in [0.4, 0.5) is 5.95 Å². The van der Waals surface area contributed by atoms with E-state index in [0.717, 1.165) is 11.4 Å². The Hall–Kier alpha value is -1.23. The lowest BCUT2D eigenvalue weighted by molar-refractivity contribution is 0.210. The number of aromatic nitrogens is 3. The van der Waals surface area contributed by atoms with Crippen molar-refractivity contribution in [2.75, 3.05) is 25.6 Å². The highest BCUT2D eigenvalue weighted by Gasteiger charge is 1.99. The smallest absolute Gasteiger partial charge is 0.243 e. The van der Waals surface area contributed by atoms with E-state index in [4.69, 9.17) is 4.74 Å². The van der Waals surface area contributed by atoms with Crippen molar-refractivity contribution in [2.24, 2.45) is 0 Å². The molecule has 0 aliphatic heterocycles. The van der Waals surface area contributed by atoms with E-state index in [2.05, 4.69) is 20.5 Å². The monoisotopic (exact) mass is 182 g/mol. The molecule has 0 bridgehead atoms. The molecule has 1 aromatic heterocycles. The Morgan fingerprint density at radius 1 is 1.23 bits per heavy atom. The minimum absolute atomic E-state index is 0.556. The van der Waals surface area contributed by atoms with Crippen molar-refractivity contribution >= 4 is 5.95 Å². The highest BCUT2D eigenvalue weighted by molar-refractivity contribution is 5.24. The largest absolute Gasteiger partial charge is 0.383 e. The molecule has 72 valence electrons. The molecule has 0 aromatic carbocycles. The number of ether oxygens (including phenoxy) is 1. The second-order valence-electron chi connectivity index (χ2n) is 2.73. The van der Waals surface area contributed by atoms with Gasteiger partial charge >= 0.3 is 0 Å². The topological polar surface area (TPSA) is 59.9 Å². The Morgan fingerprint density at radius 2 is 2.00 bits per heavy atom. The van der Waals surface area contributed by atoms with Crippen LogP contribution in [-0.4, -0.2) is 35.4 Å². The van der Waals surface area contributed by atoms with E-state index in [0.29, 0.717) is 19.1 Å². The lowest BCUT2D eigenvalue weighted by Gasteiger charge is -2.04. The van der Waals surface area contributed by atoms with Gasteiger partial charge in [-0.15, -0.1) is 5.10 Å². The molecule has 1 N–H and O–H groups in total. The maximum Gasteiger partial charge on any atom is 0.243 e. The third kappa shape index (κ3) is 2.95. The van der Waals surface area contributed by atoms with Gasteiger partial charge in [0.1, 0.15) is 0 Å². The number of nitrogens with zero attached hydrogens (tertiary/aromatic N) is 3. The van der Waals surface area contributed by atoms with E-state index >= 15 is 0 Å². The van der Waals surface area contributed by atoms with Crippen LogP contribution in [-0.2, 0) is 4.74 Å². The first-order valence-electron chi connectivity index (χ1n) is 4.14. The van der Waals surface area contributed by atoms with E-state index in [-0.39, 0.29) is 0 Å². The van der Waals surface area contributed by atoms with Crippen LogP contribution in [0.2, 0.25) is 0 Å². The number of aryl methyl sites for hydroxylation is 2. The number of hydrogen-bond acceptors (Lipinski definition) is 5. The summed E-state index contributed by atoms with van der Waals surface area (Å²) in [6.07, 6.45) is 0. The molecule has 0 unspecified atom stereocenters. The maximum absolute atomic E-state index is 4.88. The quantitative estimate of drug-likeness (QED) is 0.689. The van der Waals surface area contributed by atoms with Gasteiger partial charge in [-0.25, -0.2) is 4.98 Å². The Morgan fingerprint density at radius 3 is 2.62 bits per heavy atom. The molecule has 0 aliphatic carbocycles. The summed E-state index contributed by atoms with van der Waals surface area (Å²) in [5.41, 5.74) is 1.76. The molecular weight excluding hydrogens is 168 g/mol. The van der Waals surface area contributed by atoms with Gasteiger partial charge in [-0.05, 0) is 13.8 Å². The van der Waals surface area contributed by atoms with Crippen LogP contribution < -0.4 is 5.32 Å². The summed E-state index contributed by atoms with van der Waals surface area (Å²) in [5, 5.41) is 10.8. The van der Waals surface area contributed by atoms with Crippen LogP contribution in [0, 0.1) is 13.8 Å². The molecule has 0 saturated heterocycles. The molecule has 5 heteroatoms. The molecular formula is C8H14N4O. The van der Waals surface area contributed by atoms with Gasteiger partial charge in [-0.1, -0.05) is 0 Å². The number of hydrogen-bond donors (Lipinski definition) is 1. The Kier molecular flexibility index (Phi) is 3.57. The predicted molar refractivity (Wildman–Crippen MR) is 49.7 cm³/mol. The van der Waals surface area contributed by atoms with Gasteiger partial charge in [0.05, 0.1) is 18.0 Å². The molecule has 0 saturated carbocycles. The Balaban J connectivity index is 2.53. The van der Waals surface area contributed by atoms with Crippen molar-refractivity contribution in [3.05, 3.63) is 11.4 Å². The van der Waals surface area contributed by atoms with Crippen molar-refractivity contribution in [3.8, 4) is 0 Å². The van der Waals surface area contributed by atoms with E-state index in [1.54, 1.807) is 7.11 Å². The second-order valence-corrected chi connectivity index (χ2v) is 2.73. The van der Waals surface area contributed by atoms with Crippen LogP contribution in [0.1, 0.15) is 11.4 Å². The summed E-state index contributed by atoms with van der Waals surface area (Å²) in [7, 11) is 1.65. The predicted octanol–water partition coefficient (Wildman–Crippen LogP) is 0.547. The van der Waals surface area contributed by atoms with E-state index in [9.17, 15) is 0 Å². The summed E-state index contributed by atoms with van der Waals surface area (Å²) in [6, 6.07) is 0. The second kappa shape index (κ2) is 4.71. The van der Waals surface area contributed by atoms with E-state index < -0.39 is 0 Å². The number of rotatable bonds is 4. The summed E-state index contributed by atoms with van der Waals surface area (Å²) < 4.78 is 4.88. The van der Waals surface area contributed by atoms with Gasteiger partial charge in [0, 0.05) is 13.7 Å². The first-order chi connectivity index (χ1) is 6.24. The minimum atomic E-state index is 0.556. The molecule has 0 radical (unpaired) electrons. The Labute approximate surface area is 77.5 Å². The SMILES string of the molecule is COCCNc1nnc(C)c(C)n1. The van der Waals surface area contributed by atoms with E-state index in [1.807, 2.05) is 13.8 Å². The van der Waals surface area contributed by atoms with Gasteiger partial charge in [0.2, 0.25) is 5.95 Å². The van der Waals surface area contributed by atoms with Gasteiger partial charge in [0.25, 0.3) is 0 Å². The molecule has 5 nitrogen and oxygen atoms in total. The third-order valence-electron chi connectivity index (χ3n) is 1.68. The van der Waals surface area contributed by atoms with Gasteiger partial charge in [0.15, 0.2) is 0 Å². The lowest BCUT2D eigenvalue weighted by Crippen LogP contribution is -2.11. The zero-order valence-corrected chi connectivity index (χ0v) is 8.16. The third-order valence-corrected chi connectivity index (χ3v) is 1.68. The maximum atomic E-state index is 4.88. The van der Waals surface area contributed by atoms with E-state index in [1.165, 1.54) is 0 Å². The fraction of sp³-hybridized carbons (Fsp3) is 0.625. The van der Waals surface area contributed by atoms with Crippen molar-refractivity contribution < 1.29 is 4.74 Å². The number of anilines is 1. The molecule has 13 heavy (non-hydrogen) atoms. The summed E-state index contributed by atoms with van der Waals surface area (Å²) in [5.74, 6) is 0.556. The average molecular weight is 182 g/mol. The van der Waals surface area contributed by atoms with Crippen LogP contribution in [0.3, 0.4) is 0 Å². The number of methoxy groups -OCH3 is 1.